The Morgan fingerprint density at radius 2 is 1.79 bits per heavy atom. The molecule has 2 rings (SSSR count). The zero-order valence-electron chi connectivity index (χ0n) is 20.6. The molecule has 0 fully saturated rings. The van der Waals surface area contributed by atoms with Crippen LogP contribution in [0.3, 0.4) is 0 Å². The summed E-state index contributed by atoms with van der Waals surface area (Å²) in [6, 6.07) is 11.8. The number of nitrogens with zero attached hydrogens (tertiary/aromatic N) is 3. The van der Waals surface area contributed by atoms with Gasteiger partial charge >= 0.3 is 0 Å². The molecule has 1 aromatic heterocycles. The van der Waals surface area contributed by atoms with Gasteiger partial charge in [0.05, 0.1) is 6.61 Å². The molecule has 0 aliphatic rings. The summed E-state index contributed by atoms with van der Waals surface area (Å²) in [5, 5.41) is 6.86. The van der Waals surface area contributed by atoms with Gasteiger partial charge in [-0.25, -0.2) is 4.98 Å². The third-order valence-electron chi connectivity index (χ3n) is 5.23. The molecular formula is C25H40IN5O2. The first kappa shape index (κ1) is 29.0. The molecule has 8 heteroatoms. The Morgan fingerprint density at radius 1 is 1.09 bits per heavy atom. The van der Waals surface area contributed by atoms with Crippen molar-refractivity contribution >= 4 is 29.9 Å². The molecule has 0 aliphatic heterocycles. The van der Waals surface area contributed by atoms with E-state index in [9.17, 15) is 0 Å². The van der Waals surface area contributed by atoms with Crippen LogP contribution in [0, 0.1) is 0 Å². The fraction of sp³-hybridized carbons (Fsp3) is 0.520. The number of nitrogens with one attached hydrogen (secondary N) is 2. The molecular weight excluding hydrogens is 529 g/mol. The summed E-state index contributed by atoms with van der Waals surface area (Å²) < 4.78 is 11.4. The van der Waals surface area contributed by atoms with Crippen molar-refractivity contribution in [1.29, 1.82) is 0 Å². The third-order valence-corrected chi connectivity index (χ3v) is 5.23. The van der Waals surface area contributed by atoms with Gasteiger partial charge < -0.3 is 25.0 Å². The van der Waals surface area contributed by atoms with Gasteiger partial charge in [0.15, 0.2) is 5.96 Å². The molecule has 0 aliphatic carbocycles. The molecule has 0 saturated carbocycles. The van der Waals surface area contributed by atoms with E-state index < -0.39 is 0 Å². The predicted octanol–water partition coefficient (Wildman–Crippen LogP) is 5.07. The lowest BCUT2D eigenvalue weighted by molar-refractivity contribution is 0.292. The van der Waals surface area contributed by atoms with Crippen molar-refractivity contribution < 1.29 is 9.47 Å². The van der Waals surface area contributed by atoms with E-state index in [-0.39, 0.29) is 24.0 Å². The molecule has 2 aromatic rings. The minimum atomic E-state index is 0. The number of aliphatic imine (C=N–C) groups is 1. The Balaban J connectivity index is 0.00000544. The standard InChI is InChI=1S/C25H39N5O2.HI/c1-6-30(7-2)17-9-10-20(4)29-25(26-5)28-19-21-15-16-27-24(18-21)32-23-13-11-22(12-14-23)31-8-3;/h11-16,18,20H,6-10,17,19H2,1-5H3,(H2,26,28,29);1H. The Hall–Kier alpha value is -2.07. The SMILES string of the molecule is CCOc1ccc(Oc2cc(CNC(=NC)NC(C)CCCN(CC)CC)ccn2)cc1.I. The monoisotopic (exact) mass is 569 g/mol. The average molecular weight is 570 g/mol. The third kappa shape index (κ3) is 11.1. The van der Waals surface area contributed by atoms with Crippen LogP contribution in [-0.4, -0.2) is 55.2 Å². The van der Waals surface area contributed by atoms with Gasteiger partial charge in [0.1, 0.15) is 11.5 Å². The smallest absolute Gasteiger partial charge is 0.219 e. The summed E-state index contributed by atoms with van der Waals surface area (Å²) in [5.41, 5.74) is 1.07. The molecule has 0 spiro atoms. The number of aromatic nitrogens is 1. The summed E-state index contributed by atoms with van der Waals surface area (Å²) in [6.45, 7) is 13.2. The number of pyridine rings is 1. The summed E-state index contributed by atoms with van der Waals surface area (Å²) in [6.07, 6.45) is 4.03. The van der Waals surface area contributed by atoms with Crippen LogP contribution in [0.2, 0.25) is 0 Å². The van der Waals surface area contributed by atoms with Crippen molar-refractivity contribution in [1.82, 2.24) is 20.5 Å². The fourth-order valence-corrected chi connectivity index (χ4v) is 3.35. The molecule has 1 unspecified atom stereocenters. The second kappa shape index (κ2) is 16.5. The Kier molecular flexibility index (Phi) is 14.5. The maximum atomic E-state index is 5.89. The second-order valence-corrected chi connectivity index (χ2v) is 7.65. The lowest BCUT2D eigenvalue weighted by Gasteiger charge is -2.21. The van der Waals surface area contributed by atoms with E-state index in [1.54, 1.807) is 13.2 Å². The van der Waals surface area contributed by atoms with Gasteiger partial charge in [0.25, 0.3) is 0 Å². The summed E-state index contributed by atoms with van der Waals surface area (Å²) >= 11 is 0. The topological polar surface area (TPSA) is 71.0 Å². The largest absolute Gasteiger partial charge is 0.494 e. The maximum Gasteiger partial charge on any atom is 0.219 e. The van der Waals surface area contributed by atoms with E-state index >= 15 is 0 Å². The van der Waals surface area contributed by atoms with E-state index in [0.717, 1.165) is 49.1 Å². The molecule has 0 saturated heterocycles. The lowest BCUT2D eigenvalue weighted by Crippen LogP contribution is -2.42. The van der Waals surface area contributed by atoms with Crippen molar-refractivity contribution in [3.8, 4) is 17.4 Å². The molecule has 1 atom stereocenters. The minimum Gasteiger partial charge on any atom is -0.494 e. The molecule has 1 heterocycles. The molecule has 0 radical (unpaired) electrons. The van der Waals surface area contributed by atoms with Gasteiger partial charge in [-0.15, -0.1) is 24.0 Å². The first-order valence-electron chi connectivity index (χ1n) is 11.6. The van der Waals surface area contributed by atoms with Crippen molar-refractivity contribution in [2.45, 2.75) is 53.1 Å². The van der Waals surface area contributed by atoms with Crippen LogP contribution >= 0.6 is 24.0 Å². The van der Waals surface area contributed by atoms with E-state index in [4.69, 9.17) is 9.47 Å². The van der Waals surface area contributed by atoms with E-state index in [1.165, 1.54) is 6.42 Å². The van der Waals surface area contributed by atoms with Crippen molar-refractivity contribution in [2.75, 3.05) is 33.3 Å². The van der Waals surface area contributed by atoms with Crippen LogP contribution in [0.15, 0.2) is 47.6 Å². The zero-order chi connectivity index (χ0) is 23.2. The second-order valence-electron chi connectivity index (χ2n) is 7.65. The normalized spacial score (nSPS) is 12.1. The summed E-state index contributed by atoms with van der Waals surface area (Å²) in [5.74, 6) is 2.90. The molecule has 1 aromatic carbocycles. The number of halogens is 1. The number of hydrogen-bond acceptors (Lipinski definition) is 5. The van der Waals surface area contributed by atoms with Gasteiger partial charge in [0, 0.05) is 31.9 Å². The lowest BCUT2D eigenvalue weighted by atomic mass is 10.2. The van der Waals surface area contributed by atoms with Crippen LogP contribution in [0.1, 0.15) is 46.1 Å². The van der Waals surface area contributed by atoms with Gasteiger partial charge in [-0.2, -0.15) is 0 Å². The quantitative estimate of drug-likeness (QED) is 0.200. The average Bonchev–Trinajstić information content (AvgIpc) is 2.81. The molecule has 0 bridgehead atoms. The Morgan fingerprint density at radius 3 is 2.42 bits per heavy atom. The van der Waals surface area contributed by atoms with Crippen LogP contribution in [0.5, 0.6) is 17.4 Å². The highest BCUT2D eigenvalue weighted by Gasteiger charge is 2.07. The number of hydrogen-bond donors (Lipinski definition) is 2. The van der Waals surface area contributed by atoms with Gasteiger partial charge in [-0.05, 0) is 82.2 Å². The van der Waals surface area contributed by atoms with Crippen LogP contribution in [0.4, 0.5) is 0 Å². The zero-order valence-corrected chi connectivity index (χ0v) is 23.0. The first-order chi connectivity index (χ1) is 15.6. The van der Waals surface area contributed by atoms with E-state index in [0.29, 0.717) is 25.1 Å². The van der Waals surface area contributed by atoms with Crippen LogP contribution in [-0.2, 0) is 6.54 Å². The van der Waals surface area contributed by atoms with E-state index in [1.807, 2.05) is 43.3 Å². The number of ether oxygens (including phenoxy) is 2. The molecule has 33 heavy (non-hydrogen) atoms. The number of guanidine groups is 1. The maximum absolute atomic E-state index is 5.89. The van der Waals surface area contributed by atoms with Crippen molar-refractivity contribution in [3.05, 3.63) is 48.2 Å². The van der Waals surface area contributed by atoms with Crippen molar-refractivity contribution in [3.63, 3.8) is 0 Å². The highest BCUT2D eigenvalue weighted by molar-refractivity contribution is 14.0. The highest BCUT2D eigenvalue weighted by Crippen LogP contribution is 2.23. The fourth-order valence-electron chi connectivity index (χ4n) is 3.35. The van der Waals surface area contributed by atoms with Crippen molar-refractivity contribution in [2.24, 2.45) is 4.99 Å². The first-order valence-corrected chi connectivity index (χ1v) is 11.6. The number of rotatable bonds is 13. The molecule has 7 nitrogen and oxygen atoms in total. The summed E-state index contributed by atoms with van der Waals surface area (Å²) in [4.78, 5) is 11.1. The van der Waals surface area contributed by atoms with Crippen LogP contribution < -0.4 is 20.1 Å². The van der Waals surface area contributed by atoms with Gasteiger partial charge in [-0.3, -0.25) is 4.99 Å². The number of benzene rings is 1. The van der Waals surface area contributed by atoms with Gasteiger partial charge in [0.2, 0.25) is 5.88 Å². The van der Waals surface area contributed by atoms with E-state index in [2.05, 4.69) is 46.3 Å². The Bertz CT molecular complexity index is 813. The molecule has 184 valence electrons. The van der Waals surface area contributed by atoms with Crippen LogP contribution in [0.25, 0.3) is 0 Å². The highest BCUT2D eigenvalue weighted by atomic mass is 127. The minimum absolute atomic E-state index is 0. The molecule has 2 N–H and O–H groups in total. The predicted molar refractivity (Wildman–Crippen MR) is 147 cm³/mol. The Labute approximate surface area is 216 Å². The molecule has 0 amide bonds. The summed E-state index contributed by atoms with van der Waals surface area (Å²) in [7, 11) is 1.80. The van der Waals surface area contributed by atoms with Gasteiger partial charge in [-0.1, -0.05) is 13.8 Å².